The third-order valence-electron chi connectivity index (χ3n) is 9.17. The van der Waals surface area contributed by atoms with Crippen LogP contribution in [0.4, 0.5) is 0 Å². The minimum atomic E-state index is -1.65. The Bertz CT molecular complexity index is 873. The van der Waals surface area contributed by atoms with E-state index < -0.39 is 35.5 Å². The maximum absolute atomic E-state index is 13.2. The number of carbonyl (C=O) groups excluding carboxylic acids is 3. The maximum Gasteiger partial charge on any atom is 0.303 e. The highest BCUT2D eigenvalue weighted by molar-refractivity contribution is 5.92. The smallest absolute Gasteiger partial charge is 0.303 e. The summed E-state index contributed by atoms with van der Waals surface area (Å²) in [6, 6.07) is 0. The Morgan fingerprint density at radius 3 is 2.65 bits per heavy atom. The van der Waals surface area contributed by atoms with Gasteiger partial charge in [0, 0.05) is 24.7 Å². The molecular weight excluding hydrogens is 396 g/mol. The first-order valence-corrected chi connectivity index (χ1v) is 11.5. The van der Waals surface area contributed by atoms with Crippen molar-refractivity contribution in [3.8, 4) is 0 Å². The molecule has 8 atom stereocenters. The number of ether oxygens (including phenoxy) is 1. The molecule has 2 saturated carbocycles. The second kappa shape index (κ2) is 7.38. The van der Waals surface area contributed by atoms with E-state index in [1.807, 2.05) is 19.9 Å². The molecule has 0 aromatic heterocycles. The molecular formula is C25H34O6. The van der Waals surface area contributed by atoms with E-state index in [0.717, 1.165) is 5.57 Å². The van der Waals surface area contributed by atoms with E-state index in [9.17, 15) is 24.6 Å². The zero-order chi connectivity index (χ0) is 22.8. The number of esters is 1. The number of carbonyl (C=O) groups is 3. The van der Waals surface area contributed by atoms with Crippen LogP contribution in [0, 0.1) is 34.5 Å². The summed E-state index contributed by atoms with van der Waals surface area (Å²) in [5, 5.41) is 23.3. The van der Waals surface area contributed by atoms with Crippen LogP contribution in [0.3, 0.4) is 0 Å². The fraction of sp³-hybridized carbons (Fsp3) is 0.720. The molecule has 6 heteroatoms. The van der Waals surface area contributed by atoms with Crippen molar-refractivity contribution >= 4 is 17.5 Å². The van der Waals surface area contributed by atoms with Gasteiger partial charge in [-0.1, -0.05) is 39.3 Å². The molecule has 2 fully saturated rings. The lowest BCUT2D eigenvalue weighted by molar-refractivity contribution is -0.183. The lowest BCUT2D eigenvalue weighted by Gasteiger charge is -2.58. The summed E-state index contributed by atoms with van der Waals surface area (Å²) < 4.78 is 4.96. The van der Waals surface area contributed by atoms with Crippen molar-refractivity contribution in [3.63, 3.8) is 0 Å². The molecule has 6 nitrogen and oxygen atoms in total. The van der Waals surface area contributed by atoms with Gasteiger partial charge in [-0.25, -0.2) is 0 Å². The van der Waals surface area contributed by atoms with Crippen molar-refractivity contribution in [1.29, 1.82) is 0 Å². The van der Waals surface area contributed by atoms with E-state index in [4.69, 9.17) is 4.74 Å². The molecule has 0 radical (unpaired) electrons. The highest BCUT2D eigenvalue weighted by Crippen LogP contribution is 2.68. The first-order chi connectivity index (χ1) is 14.5. The van der Waals surface area contributed by atoms with Crippen LogP contribution in [0.2, 0.25) is 0 Å². The van der Waals surface area contributed by atoms with Gasteiger partial charge < -0.3 is 14.9 Å². The summed E-state index contributed by atoms with van der Waals surface area (Å²) in [6.07, 6.45) is 7.93. The quantitative estimate of drug-likeness (QED) is 0.665. The van der Waals surface area contributed by atoms with Crippen molar-refractivity contribution in [1.82, 2.24) is 0 Å². The van der Waals surface area contributed by atoms with Crippen molar-refractivity contribution in [2.24, 2.45) is 34.5 Å². The molecule has 0 aliphatic heterocycles. The largest absolute Gasteiger partial charge is 0.458 e. The number of allylic oxidation sites excluding steroid dienone is 4. The van der Waals surface area contributed by atoms with E-state index >= 15 is 0 Å². The van der Waals surface area contributed by atoms with Gasteiger partial charge in [0.25, 0.3) is 0 Å². The maximum atomic E-state index is 13.2. The Labute approximate surface area is 183 Å². The molecule has 4 aliphatic carbocycles. The number of aliphatic hydroxyl groups excluding tert-OH is 1. The molecule has 0 aromatic rings. The van der Waals surface area contributed by atoms with Crippen molar-refractivity contribution < 1.29 is 29.3 Å². The molecule has 0 bridgehead atoms. The van der Waals surface area contributed by atoms with Gasteiger partial charge in [-0.3, -0.25) is 14.4 Å². The average molecular weight is 431 g/mol. The summed E-state index contributed by atoms with van der Waals surface area (Å²) in [5.74, 6) is -1.19. The Hall–Kier alpha value is -1.79. The summed E-state index contributed by atoms with van der Waals surface area (Å²) in [5.41, 5.74) is -1.78. The molecule has 0 saturated heterocycles. The van der Waals surface area contributed by atoms with E-state index in [-0.39, 0.29) is 34.9 Å². The van der Waals surface area contributed by atoms with Gasteiger partial charge in [-0.2, -0.15) is 0 Å². The number of aliphatic hydroxyl groups is 2. The van der Waals surface area contributed by atoms with Gasteiger partial charge >= 0.3 is 5.97 Å². The molecule has 4 aliphatic rings. The highest BCUT2D eigenvalue weighted by Gasteiger charge is 2.70. The lowest BCUT2D eigenvalue weighted by Crippen LogP contribution is -2.62. The monoisotopic (exact) mass is 430 g/mol. The fourth-order valence-corrected chi connectivity index (χ4v) is 7.58. The summed E-state index contributed by atoms with van der Waals surface area (Å²) >= 11 is 0. The van der Waals surface area contributed by atoms with Crippen molar-refractivity contribution in [2.75, 3.05) is 6.61 Å². The zero-order valence-electron chi connectivity index (χ0n) is 18.9. The summed E-state index contributed by atoms with van der Waals surface area (Å²) in [4.78, 5) is 36.5. The SMILES string of the molecule is CCC1C[C@H]2[C@@H]3C=CC4=CC(=O)CC[C@]4(C)[C@H]3C(O)C[C@]2(C)[C@@]1(O)C(=O)COC(C)=O. The number of rotatable bonds is 4. The molecule has 2 unspecified atom stereocenters. The zero-order valence-corrected chi connectivity index (χ0v) is 18.9. The number of Topliss-reactive ketones (excluding diaryl/α,β-unsaturated/α-hetero) is 1. The molecule has 4 rings (SSSR count). The normalized spacial score (nSPS) is 45.9. The minimum Gasteiger partial charge on any atom is -0.458 e. The van der Waals surface area contributed by atoms with Crippen molar-refractivity contribution in [3.05, 3.63) is 23.8 Å². The van der Waals surface area contributed by atoms with E-state index in [0.29, 0.717) is 32.1 Å². The third-order valence-corrected chi connectivity index (χ3v) is 9.17. The van der Waals surface area contributed by atoms with Gasteiger partial charge in [0.15, 0.2) is 12.4 Å². The second-order valence-electron chi connectivity index (χ2n) is 10.6. The molecule has 31 heavy (non-hydrogen) atoms. The van der Waals surface area contributed by atoms with Crippen LogP contribution in [-0.2, 0) is 19.1 Å². The van der Waals surface area contributed by atoms with Crippen LogP contribution in [0.25, 0.3) is 0 Å². The topological polar surface area (TPSA) is 101 Å². The molecule has 0 amide bonds. The Morgan fingerprint density at radius 1 is 1.29 bits per heavy atom. The van der Waals surface area contributed by atoms with Crippen LogP contribution in [0.5, 0.6) is 0 Å². The first kappa shape index (κ1) is 22.4. The Balaban J connectivity index is 1.76. The predicted octanol–water partition coefficient (Wildman–Crippen LogP) is 2.76. The fourth-order valence-electron chi connectivity index (χ4n) is 7.58. The summed E-state index contributed by atoms with van der Waals surface area (Å²) in [6.45, 7) is 6.83. The van der Waals surface area contributed by atoms with Gasteiger partial charge in [0.1, 0.15) is 5.60 Å². The van der Waals surface area contributed by atoms with Gasteiger partial charge in [0.2, 0.25) is 5.78 Å². The lowest BCUT2D eigenvalue weighted by atomic mass is 9.47. The van der Waals surface area contributed by atoms with Crippen LogP contribution < -0.4 is 0 Å². The number of hydrogen-bond donors (Lipinski definition) is 2. The number of fused-ring (bicyclic) bond motifs is 5. The van der Waals surface area contributed by atoms with Gasteiger partial charge in [0.05, 0.1) is 6.10 Å². The van der Waals surface area contributed by atoms with E-state index in [2.05, 4.69) is 13.0 Å². The average Bonchev–Trinajstić information content (AvgIpc) is 2.94. The molecule has 0 spiro atoms. The van der Waals surface area contributed by atoms with Crippen LogP contribution in [-0.4, -0.2) is 46.1 Å². The van der Waals surface area contributed by atoms with Crippen LogP contribution >= 0.6 is 0 Å². The first-order valence-electron chi connectivity index (χ1n) is 11.5. The standard InChI is InChI=1S/C25H34O6/c1-5-15-11-19-18-7-6-16-10-17(27)8-9-23(16,3)22(18)20(28)12-24(19,4)25(15,30)21(29)13-31-14(2)26/h6-7,10,15,18-20,22,28,30H,5,8-9,11-13H2,1-4H3/t15?,18-,19-,20?,22+,23-,24-,25-/m0/s1. The third kappa shape index (κ3) is 3.01. The highest BCUT2D eigenvalue weighted by atomic mass is 16.5. The Morgan fingerprint density at radius 2 is 2.00 bits per heavy atom. The summed E-state index contributed by atoms with van der Waals surface area (Å²) in [7, 11) is 0. The predicted molar refractivity (Wildman–Crippen MR) is 114 cm³/mol. The second-order valence-corrected chi connectivity index (χ2v) is 10.6. The molecule has 170 valence electrons. The van der Waals surface area contributed by atoms with Gasteiger partial charge in [-0.15, -0.1) is 0 Å². The number of ketones is 2. The Kier molecular flexibility index (Phi) is 5.33. The minimum absolute atomic E-state index is 0.00806. The van der Waals surface area contributed by atoms with E-state index in [1.54, 1.807) is 6.08 Å². The van der Waals surface area contributed by atoms with E-state index in [1.165, 1.54) is 6.92 Å². The van der Waals surface area contributed by atoms with Gasteiger partial charge in [-0.05, 0) is 54.1 Å². The van der Waals surface area contributed by atoms with Crippen LogP contribution in [0.1, 0.15) is 59.8 Å². The van der Waals surface area contributed by atoms with Crippen LogP contribution in [0.15, 0.2) is 23.8 Å². The molecule has 0 aromatic carbocycles. The molecule has 0 heterocycles. The number of hydrogen-bond acceptors (Lipinski definition) is 6. The van der Waals surface area contributed by atoms with Crippen molar-refractivity contribution in [2.45, 2.75) is 71.5 Å². The molecule has 2 N–H and O–H groups in total.